The lowest BCUT2D eigenvalue weighted by atomic mass is 10.1. The van der Waals surface area contributed by atoms with Crippen LogP contribution in [0.3, 0.4) is 0 Å². The quantitative estimate of drug-likeness (QED) is 0.793. The maximum atomic E-state index is 11.6. The molecule has 108 valence electrons. The van der Waals surface area contributed by atoms with Crippen molar-refractivity contribution in [2.24, 2.45) is 0 Å². The van der Waals surface area contributed by atoms with Gasteiger partial charge in [0, 0.05) is 12.1 Å². The number of carbonyl (C=O) groups is 2. The van der Waals surface area contributed by atoms with Gasteiger partial charge in [0.05, 0.1) is 0 Å². The Morgan fingerprint density at radius 1 is 1.05 bits per heavy atom. The Bertz CT molecular complexity index is 579. The predicted octanol–water partition coefficient (Wildman–Crippen LogP) is 2.24. The highest BCUT2D eigenvalue weighted by Gasteiger charge is 2.02. The first-order valence-electron chi connectivity index (χ1n) is 6.76. The van der Waals surface area contributed by atoms with Gasteiger partial charge in [0.15, 0.2) is 6.61 Å². The minimum absolute atomic E-state index is 0.0325. The van der Waals surface area contributed by atoms with E-state index in [2.05, 4.69) is 5.32 Å². The van der Waals surface area contributed by atoms with Gasteiger partial charge >= 0.3 is 0 Å². The first-order chi connectivity index (χ1) is 10.3. The van der Waals surface area contributed by atoms with Gasteiger partial charge in [-0.05, 0) is 36.2 Å². The van der Waals surface area contributed by atoms with Gasteiger partial charge in [0.1, 0.15) is 12.0 Å². The highest BCUT2D eigenvalue weighted by molar-refractivity contribution is 5.77. The fourth-order valence-electron chi connectivity index (χ4n) is 1.83. The summed E-state index contributed by atoms with van der Waals surface area (Å²) in [4.78, 5) is 22.2. The molecule has 0 fully saturated rings. The first kappa shape index (κ1) is 14.8. The minimum Gasteiger partial charge on any atom is -0.484 e. The molecule has 0 radical (unpaired) electrons. The van der Waals surface area contributed by atoms with Gasteiger partial charge in [-0.25, -0.2) is 0 Å². The number of ether oxygens (including phenoxy) is 1. The molecule has 4 heteroatoms. The lowest BCUT2D eigenvalue weighted by Gasteiger charge is -2.07. The second kappa shape index (κ2) is 7.85. The number of carbonyl (C=O) groups excluding carboxylic acids is 2. The molecule has 0 aliphatic carbocycles. The van der Waals surface area contributed by atoms with E-state index in [0.717, 1.165) is 12.7 Å². The lowest BCUT2D eigenvalue weighted by Crippen LogP contribution is -2.30. The molecular formula is C17H17NO3. The third-order valence-electron chi connectivity index (χ3n) is 2.96. The molecule has 0 unspecified atom stereocenters. The summed E-state index contributed by atoms with van der Waals surface area (Å²) in [6, 6.07) is 16.6. The van der Waals surface area contributed by atoms with Crippen LogP contribution in [0.25, 0.3) is 0 Å². The summed E-state index contributed by atoms with van der Waals surface area (Å²) >= 11 is 0. The van der Waals surface area contributed by atoms with Crippen LogP contribution in [0.2, 0.25) is 0 Å². The van der Waals surface area contributed by atoms with E-state index in [9.17, 15) is 9.59 Å². The molecule has 0 atom stereocenters. The van der Waals surface area contributed by atoms with Gasteiger partial charge in [-0.15, -0.1) is 0 Å². The Morgan fingerprint density at radius 3 is 2.43 bits per heavy atom. The number of benzene rings is 2. The molecule has 2 rings (SSSR count). The van der Waals surface area contributed by atoms with Crippen LogP contribution in [-0.4, -0.2) is 25.3 Å². The summed E-state index contributed by atoms with van der Waals surface area (Å²) in [5.41, 5.74) is 1.76. The van der Waals surface area contributed by atoms with Gasteiger partial charge in [0.2, 0.25) is 0 Å². The summed E-state index contributed by atoms with van der Waals surface area (Å²) in [5, 5.41) is 2.80. The maximum Gasteiger partial charge on any atom is 0.257 e. The fraction of sp³-hybridized carbons (Fsp3) is 0.176. The zero-order valence-corrected chi connectivity index (χ0v) is 11.6. The van der Waals surface area contributed by atoms with Crippen molar-refractivity contribution in [1.29, 1.82) is 0 Å². The normalized spacial score (nSPS) is 9.90. The van der Waals surface area contributed by atoms with Crippen molar-refractivity contribution in [2.45, 2.75) is 6.42 Å². The zero-order chi connectivity index (χ0) is 14.9. The molecule has 0 saturated heterocycles. The Hall–Kier alpha value is -2.62. The van der Waals surface area contributed by atoms with Crippen LogP contribution in [-0.2, 0) is 11.2 Å². The molecule has 1 amide bonds. The molecule has 0 saturated carbocycles. The van der Waals surface area contributed by atoms with E-state index in [1.807, 2.05) is 30.3 Å². The summed E-state index contributed by atoms with van der Waals surface area (Å²) in [7, 11) is 0. The molecule has 0 heterocycles. The van der Waals surface area contributed by atoms with Crippen molar-refractivity contribution < 1.29 is 14.3 Å². The second-order valence-corrected chi connectivity index (χ2v) is 4.56. The standard InChI is InChI=1S/C17H17NO3/c19-12-15-6-8-16(9-7-15)21-13-17(20)18-11-10-14-4-2-1-3-5-14/h1-9,12H,10-11,13H2,(H,18,20). The Balaban J connectivity index is 1.68. The molecule has 4 nitrogen and oxygen atoms in total. The summed E-state index contributed by atoms with van der Waals surface area (Å²) in [6.45, 7) is 0.547. The van der Waals surface area contributed by atoms with Gasteiger partial charge < -0.3 is 10.1 Å². The molecule has 0 aliphatic heterocycles. The van der Waals surface area contributed by atoms with Crippen LogP contribution in [0.1, 0.15) is 15.9 Å². The maximum absolute atomic E-state index is 11.6. The van der Waals surface area contributed by atoms with E-state index in [1.54, 1.807) is 24.3 Å². The summed E-state index contributed by atoms with van der Waals surface area (Å²) < 4.78 is 5.34. The molecule has 21 heavy (non-hydrogen) atoms. The fourth-order valence-corrected chi connectivity index (χ4v) is 1.83. The first-order valence-corrected chi connectivity index (χ1v) is 6.76. The van der Waals surface area contributed by atoms with E-state index >= 15 is 0 Å². The number of nitrogens with one attached hydrogen (secondary N) is 1. The SMILES string of the molecule is O=Cc1ccc(OCC(=O)NCCc2ccccc2)cc1. The third-order valence-corrected chi connectivity index (χ3v) is 2.96. The van der Waals surface area contributed by atoms with Crippen molar-refractivity contribution in [2.75, 3.05) is 13.2 Å². The highest BCUT2D eigenvalue weighted by atomic mass is 16.5. The summed E-state index contributed by atoms with van der Waals surface area (Å²) in [5.74, 6) is 0.407. The van der Waals surface area contributed by atoms with E-state index < -0.39 is 0 Å². The predicted molar refractivity (Wildman–Crippen MR) is 80.5 cm³/mol. The van der Waals surface area contributed by atoms with Crippen LogP contribution >= 0.6 is 0 Å². The number of hydrogen-bond acceptors (Lipinski definition) is 3. The Morgan fingerprint density at radius 2 is 1.76 bits per heavy atom. The molecule has 0 spiro atoms. The molecule has 0 aromatic heterocycles. The molecule has 0 bridgehead atoms. The number of rotatable bonds is 7. The largest absolute Gasteiger partial charge is 0.484 e. The number of hydrogen-bond donors (Lipinski definition) is 1. The average Bonchev–Trinajstić information content (AvgIpc) is 2.54. The molecular weight excluding hydrogens is 266 g/mol. The van der Waals surface area contributed by atoms with Crippen LogP contribution in [0.5, 0.6) is 5.75 Å². The van der Waals surface area contributed by atoms with Crippen LogP contribution in [0.15, 0.2) is 54.6 Å². The van der Waals surface area contributed by atoms with Crippen molar-refractivity contribution >= 4 is 12.2 Å². The van der Waals surface area contributed by atoms with Crippen molar-refractivity contribution in [3.8, 4) is 5.75 Å². The lowest BCUT2D eigenvalue weighted by molar-refractivity contribution is -0.123. The van der Waals surface area contributed by atoms with Crippen molar-refractivity contribution in [1.82, 2.24) is 5.32 Å². The van der Waals surface area contributed by atoms with Gasteiger partial charge in [0.25, 0.3) is 5.91 Å². The minimum atomic E-state index is -0.162. The molecule has 2 aromatic rings. The van der Waals surface area contributed by atoms with Crippen molar-refractivity contribution in [3.05, 3.63) is 65.7 Å². The third kappa shape index (κ3) is 5.10. The summed E-state index contributed by atoms with van der Waals surface area (Å²) in [6.07, 6.45) is 1.56. The molecule has 1 N–H and O–H groups in total. The van der Waals surface area contributed by atoms with Crippen molar-refractivity contribution in [3.63, 3.8) is 0 Å². The molecule has 2 aromatic carbocycles. The van der Waals surface area contributed by atoms with E-state index in [4.69, 9.17) is 4.74 Å². The monoisotopic (exact) mass is 283 g/mol. The number of aldehydes is 1. The second-order valence-electron chi connectivity index (χ2n) is 4.56. The van der Waals surface area contributed by atoms with Gasteiger partial charge in [-0.3, -0.25) is 9.59 Å². The Kier molecular flexibility index (Phi) is 5.52. The smallest absolute Gasteiger partial charge is 0.257 e. The van der Waals surface area contributed by atoms with Crippen LogP contribution < -0.4 is 10.1 Å². The Labute approximate surface area is 123 Å². The molecule has 0 aliphatic rings. The van der Waals surface area contributed by atoms with Crippen LogP contribution in [0, 0.1) is 0 Å². The highest BCUT2D eigenvalue weighted by Crippen LogP contribution is 2.10. The van der Waals surface area contributed by atoms with E-state index in [1.165, 1.54) is 5.56 Å². The van der Waals surface area contributed by atoms with E-state index in [0.29, 0.717) is 17.9 Å². The van der Waals surface area contributed by atoms with Gasteiger partial charge in [-0.1, -0.05) is 30.3 Å². The zero-order valence-electron chi connectivity index (χ0n) is 11.6. The average molecular weight is 283 g/mol. The van der Waals surface area contributed by atoms with Crippen LogP contribution in [0.4, 0.5) is 0 Å². The topological polar surface area (TPSA) is 55.4 Å². The number of amides is 1. The van der Waals surface area contributed by atoms with Gasteiger partial charge in [-0.2, -0.15) is 0 Å². The van der Waals surface area contributed by atoms with E-state index in [-0.39, 0.29) is 12.5 Å².